The van der Waals surface area contributed by atoms with Gasteiger partial charge in [-0.3, -0.25) is 4.79 Å². The molecule has 7 heteroatoms. The van der Waals surface area contributed by atoms with E-state index in [0.29, 0.717) is 33.4 Å². The first-order valence-corrected chi connectivity index (χ1v) is 8.12. The molecule has 0 aliphatic heterocycles. The SMILES string of the molecule is COc1ccc(C(C)=O)cc1CO/N=C\c1cc(Cl)c(OC)c(OC)c1. The van der Waals surface area contributed by atoms with Gasteiger partial charge in [-0.15, -0.1) is 0 Å². The minimum Gasteiger partial charge on any atom is -0.496 e. The van der Waals surface area contributed by atoms with E-state index in [-0.39, 0.29) is 12.4 Å². The van der Waals surface area contributed by atoms with Crippen LogP contribution in [-0.4, -0.2) is 33.3 Å². The largest absolute Gasteiger partial charge is 0.496 e. The fourth-order valence-corrected chi connectivity index (χ4v) is 2.62. The number of carbonyl (C=O) groups excluding carboxylic acids is 1. The summed E-state index contributed by atoms with van der Waals surface area (Å²) in [5.41, 5.74) is 2.00. The van der Waals surface area contributed by atoms with Crippen molar-refractivity contribution in [3.05, 3.63) is 52.0 Å². The van der Waals surface area contributed by atoms with E-state index in [1.165, 1.54) is 27.4 Å². The molecule has 0 unspecified atom stereocenters. The zero-order valence-corrected chi connectivity index (χ0v) is 15.8. The Morgan fingerprint density at radius 1 is 1.08 bits per heavy atom. The molecular formula is C19H20ClNO5. The fourth-order valence-electron chi connectivity index (χ4n) is 2.33. The van der Waals surface area contributed by atoms with E-state index >= 15 is 0 Å². The molecule has 2 rings (SSSR count). The van der Waals surface area contributed by atoms with E-state index in [9.17, 15) is 4.79 Å². The number of halogens is 1. The van der Waals surface area contributed by atoms with Crippen LogP contribution in [0.15, 0.2) is 35.5 Å². The molecular weight excluding hydrogens is 358 g/mol. The Balaban J connectivity index is 2.11. The summed E-state index contributed by atoms with van der Waals surface area (Å²) in [6.45, 7) is 1.66. The van der Waals surface area contributed by atoms with Gasteiger partial charge in [0.1, 0.15) is 12.4 Å². The first-order chi connectivity index (χ1) is 12.5. The van der Waals surface area contributed by atoms with Crippen LogP contribution >= 0.6 is 11.6 Å². The molecule has 0 amide bonds. The molecule has 138 valence electrons. The highest BCUT2D eigenvalue weighted by Crippen LogP contribution is 2.35. The molecule has 0 N–H and O–H groups in total. The average Bonchev–Trinajstić information content (AvgIpc) is 2.64. The molecule has 0 saturated heterocycles. The number of ether oxygens (including phenoxy) is 3. The molecule has 0 aromatic heterocycles. The topological polar surface area (TPSA) is 66.4 Å². The van der Waals surface area contributed by atoms with Crippen LogP contribution in [0.3, 0.4) is 0 Å². The number of oxime groups is 1. The standard InChI is InChI=1S/C19H20ClNO5/c1-12(22)14-5-6-17(23-2)15(9-14)11-26-21-10-13-7-16(20)19(25-4)18(8-13)24-3/h5-10H,11H2,1-4H3/b21-10-. The zero-order chi connectivity index (χ0) is 19.1. The van der Waals surface area contributed by atoms with Crippen molar-refractivity contribution in [1.29, 1.82) is 0 Å². The van der Waals surface area contributed by atoms with Gasteiger partial charge in [-0.1, -0.05) is 16.8 Å². The van der Waals surface area contributed by atoms with Crippen LogP contribution in [0.4, 0.5) is 0 Å². The number of methoxy groups -OCH3 is 3. The summed E-state index contributed by atoms with van der Waals surface area (Å²) >= 11 is 6.15. The van der Waals surface area contributed by atoms with Gasteiger partial charge in [0.2, 0.25) is 0 Å². The lowest BCUT2D eigenvalue weighted by Crippen LogP contribution is -1.99. The Hall–Kier alpha value is -2.73. The van der Waals surface area contributed by atoms with Crippen molar-refractivity contribution in [2.75, 3.05) is 21.3 Å². The van der Waals surface area contributed by atoms with Crippen molar-refractivity contribution in [3.8, 4) is 17.2 Å². The van der Waals surface area contributed by atoms with Crippen molar-refractivity contribution in [1.82, 2.24) is 0 Å². The van der Waals surface area contributed by atoms with Gasteiger partial charge in [-0.25, -0.2) is 0 Å². The third kappa shape index (κ3) is 4.67. The summed E-state index contributed by atoms with van der Waals surface area (Å²) in [6, 6.07) is 8.58. The van der Waals surface area contributed by atoms with Crippen LogP contribution in [0.5, 0.6) is 17.2 Å². The quantitative estimate of drug-likeness (QED) is 0.393. The second-order valence-electron chi connectivity index (χ2n) is 5.33. The fraction of sp³-hybridized carbons (Fsp3) is 0.263. The molecule has 0 spiro atoms. The smallest absolute Gasteiger partial charge is 0.179 e. The van der Waals surface area contributed by atoms with Gasteiger partial charge in [0, 0.05) is 16.7 Å². The Morgan fingerprint density at radius 3 is 2.42 bits per heavy atom. The number of hydrogen-bond acceptors (Lipinski definition) is 6. The van der Waals surface area contributed by atoms with Crippen LogP contribution in [-0.2, 0) is 11.4 Å². The molecule has 0 fully saturated rings. The lowest BCUT2D eigenvalue weighted by Gasteiger charge is -2.10. The van der Waals surface area contributed by atoms with Gasteiger partial charge in [0.25, 0.3) is 0 Å². The number of benzene rings is 2. The third-order valence-electron chi connectivity index (χ3n) is 3.64. The second kappa shape index (κ2) is 9.10. The Labute approximate surface area is 157 Å². The molecule has 6 nitrogen and oxygen atoms in total. The van der Waals surface area contributed by atoms with Crippen molar-refractivity contribution >= 4 is 23.6 Å². The molecule has 0 aliphatic rings. The first kappa shape index (κ1) is 19.6. The molecule has 0 bridgehead atoms. The summed E-state index contributed by atoms with van der Waals surface area (Å²) < 4.78 is 15.7. The van der Waals surface area contributed by atoms with E-state index in [2.05, 4.69) is 5.16 Å². The normalized spacial score (nSPS) is 10.7. The number of rotatable bonds is 8. The van der Waals surface area contributed by atoms with Gasteiger partial charge in [0.15, 0.2) is 17.3 Å². The van der Waals surface area contributed by atoms with Gasteiger partial charge in [-0.2, -0.15) is 0 Å². The van der Waals surface area contributed by atoms with Crippen molar-refractivity contribution in [3.63, 3.8) is 0 Å². The van der Waals surface area contributed by atoms with E-state index in [4.69, 9.17) is 30.6 Å². The van der Waals surface area contributed by atoms with Crippen LogP contribution in [0.1, 0.15) is 28.4 Å². The maximum Gasteiger partial charge on any atom is 0.179 e. The average molecular weight is 378 g/mol. The van der Waals surface area contributed by atoms with Crippen molar-refractivity contribution in [2.24, 2.45) is 5.16 Å². The molecule has 0 atom stereocenters. The maximum absolute atomic E-state index is 11.5. The van der Waals surface area contributed by atoms with Crippen molar-refractivity contribution < 1.29 is 23.8 Å². The van der Waals surface area contributed by atoms with Crippen LogP contribution in [0, 0.1) is 0 Å². The van der Waals surface area contributed by atoms with Gasteiger partial charge in [0.05, 0.1) is 32.6 Å². The Bertz CT molecular complexity index is 820. The molecule has 0 saturated carbocycles. The summed E-state index contributed by atoms with van der Waals surface area (Å²) in [6.07, 6.45) is 1.51. The molecule has 0 heterocycles. The summed E-state index contributed by atoms with van der Waals surface area (Å²) in [5, 5.41) is 4.34. The van der Waals surface area contributed by atoms with E-state index < -0.39 is 0 Å². The highest BCUT2D eigenvalue weighted by molar-refractivity contribution is 6.32. The van der Waals surface area contributed by atoms with Gasteiger partial charge in [-0.05, 0) is 37.3 Å². The number of hydrogen-bond donors (Lipinski definition) is 0. The molecule has 0 aliphatic carbocycles. The monoisotopic (exact) mass is 377 g/mol. The summed E-state index contributed by atoms with van der Waals surface area (Å²) in [7, 11) is 4.60. The number of Topliss-reactive ketones (excluding diaryl/α,β-unsaturated/α-hetero) is 1. The molecule has 0 radical (unpaired) electrons. The van der Waals surface area contributed by atoms with Crippen molar-refractivity contribution in [2.45, 2.75) is 13.5 Å². The summed E-state index contributed by atoms with van der Waals surface area (Å²) in [5.74, 6) is 1.55. The molecule has 2 aromatic carbocycles. The highest BCUT2D eigenvalue weighted by Gasteiger charge is 2.10. The lowest BCUT2D eigenvalue weighted by molar-refractivity contribution is 0.101. The van der Waals surface area contributed by atoms with E-state index in [0.717, 1.165) is 5.56 Å². The van der Waals surface area contributed by atoms with Crippen LogP contribution < -0.4 is 14.2 Å². The van der Waals surface area contributed by atoms with E-state index in [1.54, 1.807) is 37.4 Å². The number of carbonyl (C=O) groups is 1. The predicted octanol–water partition coefficient (Wildman–Crippen LogP) is 4.12. The van der Waals surface area contributed by atoms with Gasteiger partial charge >= 0.3 is 0 Å². The Kier molecular flexibility index (Phi) is 6.86. The first-order valence-electron chi connectivity index (χ1n) is 7.74. The van der Waals surface area contributed by atoms with E-state index in [1.807, 2.05) is 0 Å². The Morgan fingerprint density at radius 2 is 1.81 bits per heavy atom. The maximum atomic E-state index is 11.5. The number of nitrogens with zero attached hydrogens (tertiary/aromatic N) is 1. The lowest BCUT2D eigenvalue weighted by atomic mass is 10.1. The second-order valence-corrected chi connectivity index (χ2v) is 5.74. The minimum atomic E-state index is -0.0302. The third-order valence-corrected chi connectivity index (χ3v) is 3.92. The van der Waals surface area contributed by atoms with Gasteiger partial charge < -0.3 is 19.0 Å². The zero-order valence-electron chi connectivity index (χ0n) is 15.0. The minimum absolute atomic E-state index is 0.0302. The summed E-state index contributed by atoms with van der Waals surface area (Å²) in [4.78, 5) is 16.8. The predicted molar refractivity (Wildman–Crippen MR) is 99.9 cm³/mol. The number of ketones is 1. The van der Waals surface area contributed by atoms with Crippen LogP contribution in [0.25, 0.3) is 0 Å². The van der Waals surface area contributed by atoms with Crippen LogP contribution in [0.2, 0.25) is 5.02 Å². The molecule has 26 heavy (non-hydrogen) atoms. The highest BCUT2D eigenvalue weighted by atomic mass is 35.5. The molecule has 2 aromatic rings.